The van der Waals surface area contributed by atoms with Crippen LogP contribution in [0.5, 0.6) is 5.75 Å². The van der Waals surface area contributed by atoms with E-state index in [0.717, 1.165) is 44.6 Å². The summed E-state index contributed by atoms with van der Waals surface area (Å²) in [6.07, 6.45) is 7.63. The van der Waals surface area contributed by atoms with Gasteiger partial charge in [-0.15, -0.1) is 0 Å². The van der Waals surface area contributed by atoms with Gasteiger partial charge in [0.1, 0.15) is 11.3 Å². The van der Waals surface area contributed by atoms with Crippen LogP contribution >= 0.6 is 0 Å². The quantitative estimate of drug-likeness (QED) is 0.414. The lowest BCUT2D eigenvalue weighted by atomic mass is 10.1. The van der Waals surface area contributed by atoms with Gasteiger partial charge >= 0.3 is 0 Å². The van der Waals surface area contributed by atoms with Crippen LogP contribution in [0.2, 0.25) is 0 Å². The Balaban J connectivity index is 1.53. The zero-order valence-electron chi connectivity index (χ0n) is 15.7. The number of fused-ring (bicyclic) bond motifs is 2. The SMILES string of the molecule is CC(C)Oc1ccc(-c2cnc3c(-c4coc5ccccc45)cnn3c2)cc1. The fourth-order valence-electron chi connectivity index (χ4n) is 3.40. The summed E-state index contributed by atoms with van der Waals surface area (Å²) in [5.74, 6) is 0.862. The highest BCUT2D eigenvalue weighted by atomic mass is 16.5. The number of furan rings is 1. The first-order chi connectivity index (χ1) is 13.7. The fourth-order valence-corrected chi connectivity index (χ4v) is 3.40. The minimum Gasteiger partial charge on any atom is -0.491 e. The number of aromatic nitrogens is 3. The number of para-hydroxylation sites is 1. The topological polar surface area (TPSA) is 52.6 Å². The maximum atomic E-state index is 5.71. The molecule has 0 atom stereocenters. The number of ether oxygens (including phenoxy) is 1. The summed E-state index contributed by atoms with van der Waals surface area (Å²) in [5.41, 5.74) is 5.68. The summed E-state index contributed by atoms with van der Waals surface area (Å²) in [5, 5.41) is 5.57. The van der Waals surface area contributed by atoms with Crippen molar-refractivity contribution >= 4 is 16.6 Å². The van der Waals surface area contributed by atoms with E-state index in [-0.39, 0.29) is 6.10 Å². The van der Waals surface area contributed by atoms with E-state index in [9.17, 15) is 0 Å². The van der Waals surface area contributed by atoms with Crippen molar-refractivity contribution in [1.82, 2.24) is 14.6 Å². The van der Waals surface area contributed by atoms with Crippen LogP contribution in [0.1, 0.15) is 13.8 Å². The predicted octanol–water partition coefficient (Wildman–Crippen LogP) is 5.60. The second-order valence-electron chi connectivity index (χ2n) is 7.01. The van der Waals surface area contributed by atoms with Crippen LogP contribution in [-0.4, -0.2) is 20.7 Å². The Kier molecular flexibility index (Phi) is 3.86. The van der Waals surface area contributed by atoms with E-state index in [1.165, 1.54) is 0 Å². The Morgan fingerprint density at radius 1 is 0.929 bits per heavy atom. The van der Waals surface area contributed by atoms with Gasteiger partial charge in [0.2, 0.25) is 0 Å². The Labute approximate surface area is 162 Å². The lowest BCUT2D eigenvalue weighted by Crippen LogP contribution is -2.05. The highest BCUT2D eigenvalue weighted by Gasteiger charge is 2.14. The third-order valence-corrected chi connectivity index (χ3v) is 4.69. The molecule has 0 radical (unpaired) electrons. The van der Waals surface area contributed by atoms with Gasteiger partial charge in [0, 0.05) is 28.9 Å². The molecule has 5 heteroatoms. The molecule has 0 bridgehead atoms. The van der Waals surface area contributed by atoms with Crippen molar-refractivity contribution in [3.05, 3.63) is 73.4 Å². The largest absolute Gasteiger partial charge is 0.491 e. The Hall–Kier alpha value is -3.60. The van der Waals surface area contributed by atoms with Crippen LogP contribution in [0, 0.1) is 0 Å². The van der Waals surface area contributed by atoms with Gasteiger partial charge in [-0.25, -0.2) is 9.50 Å². The molecule has 0 aliphatic heterocycles. The summed E-state index contributed by atoms with van der Waals surface area (Å²) >= 11 is 0. The molecule has 2 aromatic carbocycles. The van der Waals surface area contributed by atoms with Crippen molar-refractivity contribution in [3.63, 3.8) is 0 Å². The second kappa shape index (κ2) is 6.53. The van der Waals surface area contributed by atoms with Gasteiger partial charge in [-0.1, -0.05) is 30.3 Å². The van der Waals surface area contributed by atoms with E-state index < -0.39 is 0 Å². The van der Waals surface area contributed by atoms with Crippen LogP contribution in [0.3, 0.4) is 0 Å². The van der Waals surface area contributed by atoms with Crippen LogP contribution < -0.4 is 4.74 Å². The molecule has 0 aliphatic rings. The molecule has 0 unspecified atom stereocenters. The zero-order valence-corrected chi connectivity index (χ0v) is 15.7. The third kappa shape index (κ3) is 2.81. The van der Waals surface area contributed by atoms with E-state index in [4.69, 9.17) is 9.15 Å². The number of rotatable bonds is 4. The van der Waals surface area contributed by atoms with Gasteiger partial charge < -0.3 is 9.15 Å². The summed E-state index contributed by atoms with van der Waals surface area (Å²) in [6, 6.07) is 16.0. The highest BCUT2D eigenvalue weighted by molar-refractivity contribution is 5.97. The maximum absolute atomic E-state index is 5.71. The lowest BCUT2D eigenvalue weighted by Gasteiger charge is -2.10. The average Bonchev–Trinajstić information content (AvgIpc) is 3.31. The molecule has 0 aliphatic carbocycles. The van der Waals surface area contributed by atoms with Gasteiger partial charge in [0.25, 0.3) is 0 Å². The standard InChI is InChI=1S/C23H19N3O2/c1-15(2)28-18-9-7-16(8-10-18)17-11-24-23-20(12-25-26(23)13-17)21-14-27-22-6-4-3-5-19(21)22/h3-15H,1-2H3. The molecule has 138 valence electrons. The van der Waals surface area contributed by atoms with Crippen LogP contribution in [0.15, 0.2) is 77.8 Å². The van der Waals surface area contributed by atoms with E-state index in [2.05, 4.69) is 10.1 Å². The normalized spacial score (nSPS) is 11.5. The Bertz CT molecular complexity index is 1270. The van der Waals surface area contributed by atoms with Crippen LogP contribution in [0.4, 0.5) is 0 Å². The first-order valence-corrected chi connectivity index (χ1v) is 9.26. The number of nitrogens with zero attached hydrogens (tertiary/aromatic N) is 3. The lowest BCUT2D eigenvalue weighted by molar-refractivity contribution is 0.242. The van der Waals surface area contributed by atoms with E-state index in [0.29, 0.717) is 0 Å². The number of hydrogen-bond acceptors (Lipinski definition) is 4. The number of benzene rings is 2. The monoisotopic (exact) mass is 369 g/mol. The molecule has 0 N–H and O–H groups in total. The van der Waals surface area contributed by atoms with Gasteiger partial charge in [-0.05, 0) is 37.6 Å². The molecule has 28 heavy (non-hydrogen) atoms. The molecule has 5 rings (SSSR count). The second-order valence-corrected chi connectivity index (χ2v) is 7.01. The molecule has 0 saturated carbocycles. The molecule has 0 fully saturated rings. The molecule has 3 heterocycles. The van der Waals surface area contributed by atoms with Gasteiger partial charge in [0.05, 0.1) is 24.1 Å². The molecule has 5 nitrogen and oxygen atoms in total. The summed E-state index contributed by atoms with van der Waals surface area (Å²) in [4.78, 5) is 4.68. The zero-order chi connectivity index (χ0) is 19.1. The third-order valence-electron chi connectivity index (χ3n) is 4.69. The summed E-state index contributed by atoms with van der Waals surface area (Å²) < 4.78 is 13.2. The van der Waals surface area contributed by atoms with E-state index >= 15 is 0 Å². The molecule has 3 aromatic heterocycles. The van der Waals surface area contributed by atoms with Crippen molar-refractivity contribution < 1.29 is 9.15 Å². The highest BCUT2D eigenvalue weighted by Crippen LogP contribution is 2.33. The van der Waals surface area contributed by atoms with Gasteiger partial charge in [-0.2, -0.15) is 5.10 Å². The first-order valence-electron chi connectivity index (χ1n) is 9.26. The van der Waals surface area contributed by atoms with Crippen LogP contribution in [-0.2, 0) is 0 Å². The Morgan fingerprint density at radius 2 is 1.75 bits per heavy atom. The van der Waals surface area contributed by atoms with E-state index in [1.54, 1.807) is 6.26 Å². The van der Waals surface area contributed by atoms with Gasteiger partial charge in [-0.3, -0.25) is 0 Å². The number of hydrogen-bond donors (Lipinski definition) is 0. The van der Waals surface area contributed by atoms with Crippen LogP contribution in [0.25, 0.3) is 38.9 Å². The summed E-state index contributed by atoms with van der Waals surface area (Å²) in [7, 11) is 0. The molecule has 0 amide bonds. The van der Waals surface area contributed by atoms with Crippen molar-refractivity contribution in [2.75, 3.05) is 0 Å². The van der Waals surface area contributed by atoms with Crippen molar-refractivity contribution in [2.45, 2.75) is 20.0 Å². The minimum atomic E-state index is 0.158. The average molecular weight is 369 g/mol. The molecular weight excluding hydrogens is 350 g/mol. The van der Waals surface area contributed by atoms with Crippen molar-refractivity contribution in [2.24, 2.45) is 0 Å². The predicted molar refractivity (Wildman–Crippen MR) is 109 cm³/mol. The smallest absolute Gasteiger partial charge is 0.162 e. The molecule has 0 spiro atoms. The minimum absolute atomic E-state index is 0.158. The molecule has 0 saturated heterocycles. The van der Waals surface area contributed by atoms with E-state index in [1.807, 2.05) is 85.5 Å². The first kappa shape index (κ1) is 16.6. The molecular formula is C23H19N3O2. The summed E-state index contributed by atoms with van der Waals surface area (Å²) in [6.45, 7) is 4.04. The molecule has 5 aromatic rings. The Morgan fingerprint density at radius 3 is 2.57 bits per heavy atom. The van der Waals surface area contributed by atoms with Crippen molar-refractivity contribution in [3.8, 4) is 28.0 Å². The van der Waals surface area contributed by atoms with Crippen molar-refractivity contribution in [1.29, 1.82) is 0 Å². The fraction of sp³-hybridized carbons (Fsp3) is 0.130. The van der Waals surface area contributed by atoms with Gasteiger partial charge in [0.15, 0.2) is 5.65 Å². The maximum Gasteiger partial charge on any atom is 0.162 e.